The van der Waals surface area contributed by atoms with Crippen LogP contribution in [-0.2, 0) is 4.79 Å². The van der Waals surface area contributed by atoms with E-state index in [2.05, 4.69) is 33.4 Å². The van der Waals surface area contributed by atoms with Gasteiger partial charge in [-0.3, -0.25) is 4.79 Å². The molecule has 4 heterocycles. The lowest BCUT2D eigenvalue weighted by molar-refractivity contribution is -0.122. The molecule has 0 radical (unpaired) electrons. The van der Waals surface area contributed by atoms with Crippen LogP contribution in [0.1, 0.15) is 19.8 Å². The maximum absolute atomic E-state index is 15.0. The Bertz CT molecular complexity index is 1120. The highest BCUT2D eigenvalue weighted by Crippen LogP contribution is 2.47. The third kappa shape index (κ3) is 2.89. The summed E-state index contributed by atoms with van der Waals surface area (Å²) in [5.74, 6) is 0.921. The number of carbonyl (C=O) groups excluding carboxylic acids is 1. The number of likely N-dealkylation sites (N-methyl/N-ethyl adjacent to an activating group) is 1. The molecule has 7 nitrogen and oxygen atoms in total. The zero-order valence-electron chi connectivity index (χ0n) is 18.2. The van der Waals surface area contributed by atoms with Gasteiger partial charge in [0.05, 0.1) is 5.69 Å². The number of piperazine rings is 1. The van der Waals surface area contributed by atoms with Gasteiger partial charge in [0.1, 0.15) is 24.2 Å². The van der Waals surface area contributed by atoms with Crippen molar-refractivity contribution in [3.63, 3.8) is 0 Å². The van der Waals surface area contributed by atoms with Crippen molar-refractivity contribution in [2.24, 2.45) is 5.10 Å². The predicted molar refractivity (Wildman–Crippen MR) is 122 cm³/mol. The Morgan fingerprint density at radius 2 is 1.84 bits per heavy atom. The molecule has 1 N–H and O–H groups in total. The normalized spacial score (nSPS) is 26.8. The van der Waals surface area contributed by atoms with Crippen LogP contribution in [0, 0.1) is 5.82 Å². The van der Waals surface area contributed by atoms with E-state index in [1.54, 1.807) is 6.07 Å². The van der Waals surface area contributed by atoms with Crippen LogP contribution in [0.15, 0.2) is 41.5 Å². The molecule has 1 amide bonds. The van der Waals surface area contributed by atoms with E-state index >= 15 is 0 Å². The van der Waals surface area contributed by atoms with Crippen LogP contribution < -0.4 is 20.0 Å². The summed E-state index contributed by atoms with van der Waals surface area (Å²) in [6.45, 7) is 4.09. The second kappa shape index (κ2) is 7.20. The van der Waals surface area contributed by atoms with E-state index in [1.165, 1.54) is 6.07 Å². The Morgan fingerprint density at radius 1 is 1.09 bits per heavy atom. The molecule has 166 valence electrons. The molecule has 0 aromatic heterocycles. The van der Waals surface area contributed by atoms with Crippen LogP contribution in [0.2, 0.25) is 0 Å². The molecule has 0 saturated carbocycles. The number of hydrogen-bond donors (Lipinski definition) is 1. The molecule has 3 atom stereocenters. The standard InChI is InChI=1S/C24H26FN5O2/c1-14-24(31)27-26-23-13-32-22-9-18(17-5-3-4-6-19(17)25)20(10-21(22)29(14)23)30-15-7-8-16(30)12-28(2)11-15/h3-6,9-10,14-16H,7-8,11-13H2,1-2H3,(H,27,31)/t14-,15-,16+/m1/s1. The number of amides is 1. The summed E-state index contributed by atoms with van der Waals surface area (Å²) in [4.78, 5) is 19.2. The molecule has 2 saturated heterocycles. The number of nitrogens with zero attached hydrogens (tertiary/aromatic N) is 4. The summed E-state index contributed by atoms with van der Waals surface area (Å²) in [6.07, 6.45) is 2.24. The second-order valence-corrected chi connectivity index (χ2v) is 9.17. The first-order valence-corrected chi connectivity index (χ1v) is 11.2. The van der Waals surface area contributed by atoms with Crippen molar-refractivity contribution in [1.82, 2.24) is 10.3 Å². The number of hydrogen-bond acceptors (Lipinski definition) is 6. The van der Waals surface area contributed by atoms with Crippen molar-refractivity contribution in [2.45, 2.75) is 37.9 Å². The van der Waals surface area contributed by atoms with Crippen molar-refractivity contribution in [1.29, 1.82) is 0 Å². The highest BCUT2D eigenvalue weighted by Gasteiger charge is 2.42. The molecule has 2 aromatic carbocycles. The maximum Gasteiger partial charge on any atom is 0.262 e. The van der Waals surface area contributed by atoms with E-state index in [1.807, 2.05) is 30.0 Å². The number of rotatable bonds is 2. The van der Waals surface area contributed by atoms with Crippen molar-refractivity contribution in [2.75, 3.05) is 36.5 Å². The summed E-state index contributed by atoms with van der Waals surface area (Å²) in [7, 11) is 2.16. The van der Waals surface area contributed by atoms with Crippen LogP contribution in [0.25, 0.3) is 11.1 Å². The molecular formula is C24H26FN5O2. The van der Waals surface area contributed by atoms with Gasteiger partial charge in [0, 0.05) is 42.0 Å². The van der Waals surface area contributed by atoms with Gasteiger partial charge in [0.15, 0.2) is 5.84 Å². The van der Waals surface area contributed by atoms with E-state index in [9.17, 15) is 9.18 Å². The van der Waals surface area contributed by atoms with Gasteiger partial charge in [-0.15, -0.1) is 0 Å². The van der Waals surface area contributed by atoms with E-state index in [4.69, 9.17) is 4.74 Å². The van der Waals surface area contributed by atoms with Crippen molar-refractivity contribution in [3.05, 3.63) is 42.2 Å². The molecule has 2 fully saturated rings. The zero-order valence-corrected chi connectivity index (χ0v) is 18.2. The summed E-state index contributed by atoms with van der Waals surface area (Å²) in [5.41, 5.74) is 5.78. The lowest BCUT2D eigenvalue weighted by Crippen LogP contribution is -2.55. The average Bonchev–Trinajstić information content (AvgIpc) is 3.06. The van der Waals surface area contributed by atoms with Gasteiger partial charge in [-0.25, -0.2) is 9.82 Å². The number of hydrazone groups is 1. The lowest BCUT2D eigenvalue weighted by Gasteiger charge is -2.43. The van der Waals surface area contributed by atoms with Crippen LogP contribution >= 0.6 is 0 Å². The Balaban J connectivity index is 1.55. The third-order valence-corrected chi connectivity index (χ3v) is 7.14. The van der Waals surface area contributed by atoms with E-state index < -0.39 is 6.04 Å². The van der Waals surface area contributed by atoms with Gasteiger partial charge in [-0.05, 0) is 45.0 Å². The molecule has 2 aromatic rings. The van der Waals surface area contributed by atoms with Crippen molar-refractivity contribution < 1.29 is 13.9 Å². The number of fused-ring (bicyclic) bond motifs is 5. The minimum atomic E-state index is -0.401. The maximum atomic E-state index is 15.0. The molecule has 0 unspecified atom stereocenters. The monoisotopic (exact) mass is 435 g/mol. The largest absolute Gasteiger partial charge is 0.483 e. The Morgan fingerprint density at radius 3 is 2.59 bits per heavy atom. The first-order valence-electron chi connectivity index (χ1n) is 11.2. The topological polar surface area (TPSA) is 60.4 Å². The number of carbonyl (C=O) groups is 1. The van der Waals surface area contributed by atoms with Gasteiger partial charge in [0.2, 0.25) is 0 Å². The molecule has 6 rings (SSSR count). The minimum Gasteiger partial charge on any atom is -0.483 e. The predicted octanol–water partition coefficient (Wildman–Crippen LogP) is 2.81. The smallest absolute Gasteiger partial charge is 0.262 e. The molecular weight excluding hydrogens is 409 g/mol. The summed E-state index contributed by atoms with van der Waals surface area (Å²) >= 11 is 0. The number of benzene rings is 2. The SMILES string of the molecule is C[C@@H]1C(=O)NN=C2COc3cc(-c4ccccc4F)c(N4[C@@H]5CC[C@H]4CN(C)C5)cc3N21. The molecule has 4 aliphatic rings. The van der Waals surface area contributed by atoms with E-state index in [0.717, 1.165) is 42.9 Å². The molecule has 4 aliphatic heterocycles. The number of anilines is 2. The summed E-state index contributed by atoms with van der Waals surface area (Å²) in [5, 5.41) is 4.21. The first kappa shape index (κ1) is 19.5. The van der Waals surface area contributed by atoms with Crippen LogP contribution in [0.3, 0.4) is 0 Å². The lowest BCUT2D eigenvalue weighted by atomic mass is 9.97. The van der Waals surface area contributed by atoms with E-state index in [0.29, 0.717) is 29.2 Å². The van der Waals surface area contributed by atoms with Crippen LogP contribution in [-0.4, -0.2) is 61.5 Å². The van der Waals surface area contributed by atoms with Crippen molar-refractivity contribution in [3.8, 4) is 16.9 Å². The Hall–Kier alpha value is -3.13. The summed E-state index contributed by atoms with van der Waals surface area (Å²) in [6, 6.07) is 11.3. The van der Waals surface area contributed by atoms with Crippen LogP contribution in [0.5, 0.6) is 5.75 Å². The highest BCUT2D eigenvalue weighted by molar-refractivity contribution is 6.10. The quantitative estimate of drug-likeness (QED) is 0.786. The highest BCUT2D eigenvalue weighted by atomic mass is 19.1. The number of amidine groups is 1. The van der Waals surface area contributed by atoms with Crippen molar-refractivity contribution >= 4 is 23.1 Å². The average molecular weight is 436 g/mol. The Labute approximate surface area is 186 Å². The third-order valence-electron chi connectivity index (χ3n) is 7.14. The summed E-state index contributed by atoms with van der Waals surface area (Å²) < 4.78 is 21.0. The molecule has 0 aliphatic carbocycles. The number of halogens is 1. The Kier molecular flexibility index (Phi) is 4.40. The van der Waals surface area contributed by atoms with Gasteiger partial charge >= 0.3 is 0 Å². The number of ether oxygens (including phenoxy) is 1. The molecule has 2 bridgehead atoms. The van der Waals surface area contributed by atoms with Gasteiger partial charge in [-0.2, -0.15) is 5.10 Å². The zero-order chi connectivity index (χ0) is 22.0. The first-order chi connectivity index (χ1) is 15.5. The second-order valence-electron chi connectivity index (χ2n) is 9.17. The van der Waals surface area contributed by atoms with Gasteiger partial charge in [-0.1, -0.05) is 18.2 Å². The van der Waals surface area contributed by atoms with Gasteiger partial charge < -0.3 is 19.4 Å². The number of nitrogens with one attached hydrogen (secondary N) is 1. The minimum absolute atomic E-state index is 0.152. The van der Waals surface area contributed by atoms with Gasteiger partial charge in [0.25, 0.3) is 5.91 Å². The fraction of sp³-hybridized carbons (Fsp3) is 0.417. The molecule has 8 heteroatoms. The molecule has 0 spiro atoms. The fourth-order valence-corrected chi connectivity index (χ4v) is 5.68. The number of likely N-dealkylation sites (tertiary alicyclic amines) is 1. The van der Waals surface area contributed by atoms with E-state index in [-0.39, 0.29) is 18.3 Å². The molecule has 32 heavy (non-hydrogen) atoms. The fourth-order valence-electron chi connectivity index (χ4n) is 5.68. The van der Waals surface area contributed by atoms with Crippen LogP contribution in [0.4, 0.5) is 15.8 Å².